The standard InChI is InChI=1S/C20H23N3O/c1-2-5-16(6-3-1)15-24-18-13-19(17-8-11-21-12-9-17)23(14-18)20-7-4-10-22-20/h1-3,5-6,8-9,11-12,18-19H,4,7,10,13-15H2/t18-,19+/m1/s1. The zero-order valence-corrected chi connectivity index (χ0v) is 13.8. The van der Waals surface area contributed by atoms with Crippen molar-refractivity contribution in [2.75, 3.05) is 13.1 Å². The molecule has 24 heavy (non-hydrogen) atoms. The van der Waals surface area contributed by atoms with Crippen molar-refractivity contribution >= 4 is 5.84 Å². The van der Waals surface area contributed by atoms with E-state index in [1.54, 1.807) is 0 Å². The minimum atomic E-state index is 0.242. The molecule has 124 valence electrons. The molecule has 0 aliphatic carbocycles. The van der Waals surface area contributed by atoms with Gasteiger partial charge in [0.2, 0.25) is 0 Å². The second-order valence-corrected chi connectivity index (χ2v) is 6.50. The number of pyridine rings is 1. The molecular formula is C20H23N3O. The molecule has 4 nitrogen and oxygen atoms in total. The summed E-state index contributed by atoms with van der Waals surface area (Å²) in [6, 6.07) is 15.0. The van der Waals surface area contributed by atoms with Gasteiger partial charge in [-0.25, -0.2) is 0 Å². The van der Waals surface area contributed by atoms with Crippen molar-refractivity contribution in [2.24, 2.45) is 4.99 Å². The fourth-order valence-electron chi connectivity index (χ4n) is 3.65. The van der Waals surface area contributed by atoms with Gasteiger partial charge in [-0.05, 0) is 36.1 Å². The summed E-state index contributed by atoms with van der Waals surface area (Å²) >= 11 is 0. The topological polar surface area (TPSA) is 37.7 Å². The predicted octanol–water partition coefficient (Wildman–Crippen LogP) is 3.61. The number of likely N-dealkylation sites (tertiary alicyclic amines) is 1. The quantitative estimate of drug-likeness (QED) is 0.863. The van der Waals surface area contributed by atoms with E-state index in [4.69, 9.17) is 9.73 Å². The Hall–Kier alpha value is -2.20. The molecular weight excluding hydrogens is 298 g/mol. The monoisotopic (exact) mass is 321 g/mol. The summed E-state index contributed by atoms with van der Waals surface area (Å²) in [5.74, 6) is 1.25. The highest BCUT2D eigenvalue weighted by Gasteiger charge is 2.36. The highest BCUT2D eigenvalue weighted by atomic mass is 16.5. The Morgan fingerprint density at radius 3 is 2.67 bits per heavy atom. The van der Waals surface area contributed by atoms with Crippen molar-refractivity contribution in [3.8, 4) is 0 Å². The molecule has 4 rings (SSSR count). The third-order valence-corrected chi connectivity index (χ3v) is 4.87. The minimum absolute atomic E-state index is 0.242. The molecule has 0 N–H and O–H groups in total. The van der Waals surface area contributed by atoms with Crippen LogP contribution >= 0.6 is 0 Å². The normalized spacial score (nSPS) is 23.5. The first-order chi connectivity index (χ1) is 11.9. The number of hydrogen-bond donors (Lipinski definition) is 0. The lowest BCUT2D eigenvalue weighted by Crippen LogP contribution is -2.31. The zero-order chi connectivity index (χ0) is 16.2. The highest BCUT2D eigenvalue weighted by molar-refractivity contribution is 5.84. The number of rotatable bonds is 4. The maximum atomic E-state index is 6.22. The number of ether oxygens (including phenoxy) is 1. The summed E-state index contributed by atoms with van der Waals surface area (Å²) < 4.78 is 6.22. The lowest BCUT2D eigenvalue weighted by molar-refractivity contribution is 0.0497. The van der Waals surface area contributed by atoms with Gasteiger partial charge in [0, 0.05) is 31.9 Å². The third-order valence-electron chi connectivity index (χ3n) is 4.87. The maximum absolute atomic E-state index is 6.22. The van der Waals surface area contributed by atoms with Crippen LogP contribution in [0.1, 0.15) is 36.4 Å². The van der Waals surface area contributed by atoms with Gasteiger partial charge in [-0.1, -0.05) is 30.3 Å². The molecule has 0 saturated carbocycles. The molecule has 2 atom stereocenters. The summed E-state index contributed by atoms with van der Waals surface area (Å²) in [5.41, 5.74) is 2.54. The summed E-state index contributed by atoms with van der Waals surface area (Å²) in [6.07, 6.45) is 7.27. The van der Waals surface area contributed by atoms with Crippen LogP contribution in [0.2, 0.25) is 0 Å². The van der Waals surface area contributed by atoms with Crippen molar-refractivity contribution in [2.45, 2.75) is 38.0 Å². The van der Waals surface area contributed by atoms with Crippen molar-refractivity contribution < 1.29 is 4.74 Å². The van der Waals surface area contributed by atoms with Gasteiger partial charge >= 0.3 is 0 Å². The zero-order valence-electron chi connectivity index (χ0n) is 13.8. The molecule has 0 amide bonds. The molecule has 0 spiro atoms. The average Bonchev–Trinajstić information content (AvgIpc) is 3.31. The van der Waals surface area contributed by atoms with Crippen LogP contribution in [0.5, 0.6) is 0 Å². The van der Waals surface area contributed by atoms with E-state index >= 15 is 0 Å². The van der Waals surface area contributed by atoms with Crippen LogP contribution in [0.15, 0.2) is 59.9 Å². The van der Waals surface area contributed by atoms with Crippen LogP contribution in [-0.4, -0.2) is 34.9 Å². The molecule has 1 saturated heterocycles. The van der Waals surface area contributed by atoms with E-state index in [1.165, 1.54) is 23.4 Å². The van der Waals surface area contributed by atoms with Crippen LogP contribution in [0.4, 0.5) is 0 Å². The molecule has 0 unspecified atom stereocenters. The van der Waals surface area contributed by atoms with Gasteiger partial charge in [-0.2, -0.15) is 0 Å². The lowest BCUT2D eigenvalue weighted by Gasteiger charge is -2.26. The number of nitrogens with zero attached hydrogens (tertiary/aromatic N) is 3. The van der Waals surface area contributed by atoms with Gasteiger partial charge in [0.1, 0.15) is 0 Å². The SMILES string of the molecule is c1ccc(CO[C@@H]2C[C@@H](c3ccncc3)N(C3=NCCC3)C2)cc1. The van der Waals surface area contributed by atoms with E-state index in [1.807, 2.05) is 18.5 Å². The fourth-order valence-corrected chi connectivity index (χ4v) is 3.65. The molecule has 0 radical (unpaired) electrons. The molecule has 1 aromatic carbocycles. The first-order valence-corrected chi connectivity index (χ1v) is 8.75. The van der Waals surface area contributed by atoms with E-state index in [0.29, 0.717) is 12.6 Å². The van der Waals surface area contributed by atoms with Gasteiger partial charge in [0.25, 0.3) is 0 Å². The Morgan fingerprint density at radius 2 is 1.92 bits per heavy atom. The lowest BCUT2D eigenvalue weighted by atomic mass is 10.1. The van der Waals surface area contributed by atoms with E-state index in [0.717, 1.165) is 25.9 Å². The first-order valence-electron chi connectivity index (χ1n) is 8.75. The van der Waals surface area contributed by atoms with Crippen molar-refractivity contribution in [3.05, 3.63) is 66.0 Å². The van der Waals surface area contributed by atoms with E-state index in [-0.39, 0.29) is 6.10 Å². The average molecular weight is 321 g/mol. The summed E-state index contributed by atoms with van der Waals surface area (Å²) in [7, 11) is 0. The number of aliphatic imine (C=N–C) groups is 1. The number of amidine groups is 1. The number of aromatic nitrogens is 1. The molecule has 0 bridgehead atoms. The van der Waals surface area contributed by atoms with Gasteiger partial charge in [0.15, 0.2) is 0 Å². The maximum Gasteiger partial charge on any atom is 0.0995 e. The van der Waals surface area contributed by atoms with Gasteiger partial charge in [0.05, 0.1) is 24.6 Å². The predicted molar refractivity (Wildman–Crippen MR) is 94.9 cm³/mol. The first kappa shape index (κ1) is 15.3. The Balaban J connectivity index is 1.48. The smallest absolute Gasteiger partial charge is 0.0995 e. The Bertz CT molecular complexity index is 687. The summed E-state index contributed by atoms with van der Waals surface area (Å²) in [6.45, 7) is 2.57. The molecule has 2 aliphatic heterocycles. The van der Waals surface area contributed by atoms with Gasteiger partial charge in [-0.3, -0.25) is 9.98 Å². The van der Waals surface area contributed by atoms with Crippen LogP contribution in [0.3, 0.4) is 0 Å². The molecule has 2 aliphatic rings. The Morgan fingerprint density at radius 1 is 1.08 bits per heavy atom. The summed E-state index contributed by atoms with van der Waals surface area (Å²) in [5, 5.41) is 0. The fraction of sp³-hybridized carbons (Fsp3) is 0.400. The molecule has 1 fully saturated rings. The molecule has 3 heterocycles. The van der Waals surface area contributed by atoms with Crippen LogP contribution < -0.4 is 0 Å². The molecule has 2 aromatic rings. The third kappa shape index (κ3) is 3.34. The molecule has 4 heteroatoms. The van der Waals surface area contributed by atoms with Crippen molar-refractivity contribution in [3.63, 3.8) is 0 Å². The van der Waals surface area contributed by atoms with Crippen LogP contribution in [-0.2, 0) is 11.3 Å². The Labute approximate surface area is 143 Å². The Kier molecular flexibility index (Phi) is 4.56. The van der Waals surface area contributed by atoms with Crippen molar-refractivity contribution in [1.29, 1.82) is 0 Å². The second-order valence-electron chi connectivity index (χ2n) is 6.50. The van der Waals surface area contributed by atoms with Crippen LogP contribution in [0.25, 0.3) is 0 Å². The second kappa shape index (κ2) is 7.14. The molecule has 1 aromatic heterocycles. The summed E-state index contributed by atoms with van der Waals surface area (Å²) in [4.78, 5) is 11.3. The van der Waals surface area contributed by atoms with E-state index < -0.39 is 0 Å². The van der Waals surface area contributed by atoms with Crippen LogP contribution in [0, 0.1) is 0 Å². The van der Waals surface area contributed by atoms with Crippen molar-refractivity contribution in [1.82, 2.24) is 9.88 Å². The van der Waals surface area contributed by atoms with Gasteiger partial charge in [-0.15, -0.1) is 0 Å². The minimum Gasteiger partial charge on any atom is -0.372 e. The largest absolute Gasteiger partial charge is 0.372 e. The van der Waals surface area contributed by atoms with E-state index in [9.17, 15) is 0 Å². The number of benzene rings is 1. The van der Waals surface area contributed by atoms with E-state index in [2.05, 4.69) is 46.3 Å². The number of hydrogen-bond acceptors (Lipinski definition) is 4. The highest BCUT2D eigenvalue weighted by Crippen LogP contribution is 2.35. The van der Waals surface area contributed by atoms with Gasteiger partial charge < -0.3 is 9.64 Å².